The lowest BCUT2D eigenvalue weighted by Gasteiger charge is -2.32. The maximum Gasteiger partial charge on any atom is 0.328 e. The molecule has 0 aliphatic carbocycles. The number of imidazole rings is 1. The molecule has 5 heteroatoms. The van der Waals surface area contributed by atoms with Crippen LogP contribution in [0.5, 0.6) is 0 Å². The lowest BCUT2D eigenvalue weighted by atomic mass is 9.96. The SMILES string of the molecule is Cn1c(=O)n(CC2CCN(c3ccccn3)CC2)c2ccccc21. The van der Waals surface area contributed by atoms with Gasteiger partial charge in [-0.1, -0.05) is 18.2 Å². The van der Waals surface area contributed by atoms with E-state index in [4.69, 9.17) is 0 Å². The summed E-state index contributed by atoms with van der Waals surface area (Å²) in [5, 5.41) is 0. The quantitative estimate of drug-likeness (QED) is 0.744. The summed E-state index contributed by atoms with van der Waals surface area (Å²) in [6, 6.07) is 14.1. The van der Waals surface area contributed by atoms with Crippen LogP contribution in [0.2, 0.25) is 0 Å². The molecule has 0 amide bonds. The average molecular weight is 322 g/mol. The molecule has 3 aromatic rings. The van der Waals surface area contributed by atoms with Gasteiger partial charge in [0.15, 0.2) is 0 Å². The Morgan fingerprint density at radius 3 is 2.46 bits per heavy atom. The Hall–Kier alpha value is -2.56. The Bertz CT molecular complexity index is 889. The highest BCUT2D eigenvalue weighted by atomic mass is 16.1. The molecule has 4 rings (SSSR count). The van der Waals surface area contributed by atoms with E-state index in [2.05, 4.69) is 16.0 Å². The van der Waals surface area contributed by atoms with E-state index in [1.54, 1.807) is 4.57 Å². The fourth-order valence-electron chi connectivity index (χ4n) is 3.68. The van der Waals surface area contributed by atoms with E-state index in [0.29, 0.717) is 5.92 Å². The first kappa shape index (κ1) is 15.0. The van der Waals surface area contributed by atoms with E-state index < -0.39 is 0 Å². The van der Waals surface area contributed by atoms with Crippen molar-refractivity contribution in [2.75, 3.05) is 18.0 Å². The third kappa shape index (κ3) is 2.60. The number of hydrogen-bond acceptors (Lipinski definition) is 3. The van der Waals surface area contributed by atoms with Crippen LogP contribution in [0.15, 0.2) is 53.5 Å². The van der Waals surface area contributed by atoms with Gasteiger partial charge >= 0.3 is 5.69 Å². The smallest absolute Gasteiger partial charge is 0.328 e. The summed E-state index contributed by atoms with van der Waals surface area (Å²) >= 11 is 0. The van der Waals surface area contributed by atoms with Crippen LogP contribution in [0.25, 0.3) is 11.0 Å². The Morgan fingerprint density at radius 2 is 1.75 bits per heavy atom. The lowest BCUT2D eigenvalue weighted by Crippen LogP contribution is -2.36. The monoisotopic (exact) mass is 322 g/mol. The molecule has 0 bridgehead atoms. The fourth-order valence-corrected chi connectivity index (χ4v) is 3.68. The van der Waals surface area contributed by atoms with Gasteiger partial charge in [-0.2, -0.15) is 0 Å². The molecule has 0 unspecified atom stereocenters. The molecular formula is C19H22N4O. The number of piperidine rings is 1. The maximum atomic E-state index is 12.6. The van der Waals surface area contributed by atoms with E-state index in [1.165, 1.54) is 0 Å². The van der Waals surface area contributed by atoms with Gasteiger partial charge in [-0.25, -0.2) is 9.78 Å². The minimum absolute atomic E-state index is 0.0864. The van der Waals surface area contributed by atoms with Crippen molar-refractivity contribution in [1.82, 2.24) is 14.1 Å². The van der Waals surface area contributed by atoms with Gasteiger partial charge in [0.25, 0.3) is 0 Å². The van der Waals surface area contributed by atoms with Crippen molar-refractivity contribution in [2.45, 2.75) is 19.4 Å². The Balaban J connectivity index is 1.50. The summed E-state index contributed by atoms with van der Waals surface area (Å²) in [6.45, 7) is 2.80. The predicted octanol–water partition coefficient (Wildman–Crippen LogP) is 2.65. The second-order valence-electron chi connectivity index (χ2n) is 6.56. The number of pyridine rings is 1. The van der Waals surface area contributed by atoms with Crippen LogP contribution in [0.3, 0.4) is 0 Å². The second-order valence-corrected chi connectivity index (χ2v) is 6.56. The molecular weight excluding hydrogens is 300 g/mol. The molecule has 0 saturated carbocycles. The fraction of sp³-hybridized carbons (Fsp3) is 0.368. The van der Waals surface area contributed by atoms with Gasteiger partial charge in [-0.05, 0) is 43.0 Å². The standard InChI is InChI=1S/C19H22N4O/c1-21-16-6-2-3-7-17(16)23(19(21)24)14-15-9-12-22(13-10-15)18-8-4-5-11-20-18/h2-8,11,15H,9-10,12-14H2,1H3. The van der Waals surface area contributed by atoms with Crippen molar-refractivity contribution in [3.05, 3.63) is 59.1 Å². The molecule has 1 fully saturated rings. The molecule has 124 valence electrons. The minimum atomic E-state index is 0.0864. The van der Waals surface area contributed by atoms with Crippen LogP contribution >= 0.6 is 0 Å². The van der Waals surface area contributed by atoms with Gasteiger partial charge in [0, 0.05) is 32.9 Å². The van der Waals surface area contributed by atoms with Crippen molar-refractivity contribution in [3.63, 3.8) is 0 Å². The second kappa shape index (κ2) is 6.15. The molecule has 5 nitrogen and oxygen atoms in total. The number of aryl methyl sites for hydroxylation is 1. The third-order valence-corrected chi connectivity index (χ3v) is 5.08. The first-order valence-electron chi connectivity index (χ1n) is 8.54. The third-order valence-electron chi connectivity index (χ3n) is 5.08. The van der Waals surface area contributed by atoms with Gasteiger partial charge in [-0.3, -0.25) is 9.13 Å². The number of para-hydroxylation sites is 2. The summed E-state index contributed by atoms with van der Waals surface area (Å²) in [4.78, 5) is 19.3. The van der Waals surface area contributed by atoms with Gasteiger partial charge in [-0.15, -0.1) is 0 Å². The summed E-state index contributed by atoms with van der Waals surface area (Å²) in [5.41, 5.74) is 2.13. The number of aromatic nitrogens is 3. The molecule has 3 heterocycles. The minimum Gasteiger partial charge on any atom is -0.357 e. The highest BCUT2D eigenvalue weighted by Crippen LogP contribution is 2.23. The normalized spacial score (nSPS) is 16.0. The van der Waals surface area contributed by atoms with E-state index in [-0.39, 0.29) is 5.69 Å². The van der Waals surface area contributed by atoms with Gasteiger partial charge < -0.3 is 4.90 Å². The molecule has 2 aromatic heterocycles. The van der Waals surface area contributed by atoms with E-state index in [0.717, 1.165) is 49.3 Å². The molecule has 1 saturated heterocycles. The van der Waals surface area contributed by atoms with E-state index in [1.807, 2.05) is 54.2 Å². The number of rotatable bonds is 3. The predicted molar refractivity (Wildman–Crippen MR) is 96.4 cm³/mol. The summed E-state index contributed by atoms with van der Waals surface area (Å²) < 4.78 is 3.69. The number of hydrogen-bond donors (Lipinski definition) is 0. The largest absolute Gasteiger partial charge is 0.357 e. The molecule has 0 atom stereocenters. The van der Waals surface area contributed by atoms with E-state index >= 15 is 0 Å². The Labute approximate surface area is 141 Å². The number of nitrogens with zero attached hydrogens (tertiary/aromatic N) is 4. The molecule has 0 spiro atoms. The highest BCUT2D eigenvalue weighted by Gasteiger charge is 2.22. The molecule has 1 aliphatic heterocycles. The Kier molecular flexibility index (Phi) is 3.84. The van der Waals surface area contributed by atoms with Crippen molar-refractivity contribution in [2.24, 2.45) is 13.0 Å². The van der Waals surface area contributed by atoms with Crippen molar-refractivity contribution >= 4 is 16.9 Å². The van der Waals surface area contributed by atoms with Crippen molar-refractivity contribution in [3.8, 4) is 0 Å². The lowest BCUT2D eigenvalue weighted by molar-refractivity contribution is 0.355. The van der Waals surface area contributed by atoms with Crippen LogP contribution in [0.1, 0.15) is 12.8 Å². The average Bonchev–Trinajstić information content (AvgIpc) is 2.88. The summed E-state index contributed by atoms with van der Waals surface area (Å²) in [7, 11) is 1.85. The van der Waals surface area contributed by atoms with Crippen LogP contribution in [0.4, 0.5) is 5.82 Å². The molecule has 1 aliphatic rings. The van der Waals surface area contributed by atoms with Gasteiger partial charge in [0.2, 0.25) is 0 Å². The zero-order valence-electron chi connectivity index (χ0n) is 13.9. The van der Waals surface area contributed by atoms with E-state index in [9.17, 15) is 4.79 Å². The van der Waals surface area contributed by atoms with Crippen LogP contribution < -0.4 is 10.6 Å². The van der Waals surface area contributed by atoms with Crippen molar-refractivity contribution < 1.29 is 0 Å². The van der Waals surface area contributed by atoms with Crippen molar-refractivity contribution in [1.29, 1.82) is 0 Å². The van der Waals surface area contributed by atoms with Crippen LogP contribution in [-0.4, -0.2) is 27.2 Å². The molecule has 0 radical (unpaired) electrons. The number of fused-ring (bicyclic) bond motifs is 1. The first-order chi connectivity index (χ1) is 11.7. The van der Waals surface area contributed by atoms with Crippen LogP contribution in [0, 0.1) is 5.92 Å². The summed E-state index contributed by atoms with van der Waals surface area (Å²) in [6.07, 6.45) is 4.02. The van der Waals surface area contributed by atoms with Crippen LogP contribution in [-0.2, 0) is 13.6 Å². The zero-order chi connectivity index (χ0) is 16.5. The highest BCUT2D eigenvalue weighted by molar-refractivity contribution is 5.75. The zero-order valence-corrected chi connectivity index (χ0v) is 13.9. The topological polar surface area (TPSA) is 43.1 Å². The summed E-state index contributed by atoms with van der Waals surface area (Å²) in [5.74, 6) is 1.59. The number of anilines is 1. The molecule has 0 N–H and O–H groups in total. The molecule has 1 aromatic carbocycles. The Morgan fingerprint density at radius 1 is 1.04 bits per heavy atom. The van der Waals surface area contributed by atoms with Gasteiger partial charge in [0.1, 0.15) is 5.82 Å². The molecule has 24 heavy (non-hydrogen) atoms. The maximum absolute atomic E-state index is 12.6. The number of benzene rings is 1. The van der Waals surface area contributed by atoms with Gasteiger partial charge in [0.05, 0.1) is 11.0 Å². The first-order valence-corrected chi connectivity index (χ1v) is 8.54.